The van der Waals surface area contributed by atoms with Crippen LogP contribution in [0.15, 0.2) is 78.3 Å². The summed E-state index contributed by atoms with van der Waals surface area (Å²) in [6.45, 7) is 11.9. The molecule has 4 aromatic rings. The number of para-hydroxylation sites is 1. The molecule has 0 radical (unpaired) electrons. The molecular weight excluding hydrogens is 709 g/mol. The quantitative estimate of drug-likeness (QED) is 0.229. The number of aromatic nitrogens is 3. The predicted molar refractivity (Wildman–Crippen MR) is 223 cm³/mol. The summed E-state index contributed by atoms with van der Waals surface area (Å²) >= 11 is 0. The van der Waals surface area contributed by atoms with Crippen LogP contribution in [0.25, 0.3) is 11.0 Å². The summed E-state index contributed by atoms with van der Waals surface area (Å²) in [5.74, 6) is 0.699. The molecule has 0 spiro atoms. The van der Waals surface area contributed by atoms with E-state index in [2.05, 4.69) is 34.8 Å². The number of rotatable bonds is 10. The van der Waals surface area contributed by atoms with Crippen LogP contribution in [0.4, 0.5) is 34.4 Å². The van der Waals surface area contributed by atoms with Gasteiger partial charge in [-0.3, -0.25) is 19.0 Å². The Morgan fingerprint density at radius 1 is 1.02 bits per heavy atom. The molecule has 294 valence electrons. The van der Waals surface area contributed by atoms with Gasteiger partial charge in [-0.05, 0) is 76.8 Å². The van der Waals surface area contributed by atoms with Crippen molar-refractivity contribution in [1.82, 2.24) is 29.2 Å². The average molecular weight is 761 g/mol. The minimum Gasteiger partial charge on any atom is -0.494 e. The van der Waals surface area contributed by atoms with Crippen molar-refractivity contribution in [2.75, 3.05) is 107 Å². The summed E-state index contributed by atoms with van der Waals surface area (Å²) in [6, 6.07) is 13.4. The first-order chi connectivity index (χ1) is 27.1. The maximum Gasteiger partial charge on any atom is 0.276 e. The Bertz CT molecular complexity index is 2210. The van der Waals surface area contributed by atoms with Gasteiger partial charge in [0.2, 0.25) is 11.9 Å². The van der Waals surface area contributed by atoms with Gasteiger partial charge in [-0.25, -0.2) is 4.98 Å². The number of likely N-dealkylation sites (N-methyl/N-ethyl adjacent to an activating group) is 2. The summed E-state index contributed by atoms with van der Waals surface area (Å²) in [5.41, 5.74) is 4.90. The third kappa shape index (κ3) is 7.84. The van der Waals surface area contributed by atoms with Crippen LogP contribution >= 0.6 is 0 Å². The molecule has 2 amide bonds. The number of piperidine rings is 1. The number of methoxy groups -OCH3 is 1. The number of benzene rings is 2. The fraction of sp³-hybridized carbons (Fsp3) is 0.405. The number of nitrogens with zero attached hydrogens (tertiary/aromatic N) is 9. The first kappa shape index (κ1) is 38.5. The van der Waals surface area contributed by atoms with E-state index in [1.165, 1.54) is 6.08 Å². The van der Waals surface area contributed by atoms with E-state index in [1.54, 1.807) is 28.8 Å². The van der Waals surface area contributed by atoms with E-state index in [0.717, 1.165) is 55.2 Å². The maximum absolute atomic E-state index is 15.0. The number of hydrogen-bond donors (Lipinski definition) is 1. The number of carbonyl (C=O) groups excluding carboxylic acids is 2. The maximum atomic E-state index is 15.0. The number of nitrogens with one attached hydrogen (secondary N) is 1. The highest BCUT2D eigenvalue weighted by atomic mass is 16.5. The van der Waals surface area contributed by atoms with E-state index in [4.69, 9.17) is 14.7 Å². The second-order valence-corrected chi connectivity index (χ2v) is 15.0. The standard InChI is InChI=1S/C42H52N10O4/c1-7-37(53)51-24-23-50(34-13-8-11-29(2)39(34)51)35-25-30-27-43-42(44-33-16-15-31(26-36(33)56-6)48-21-19-47(5)20-22-48)45-40(30)52(41(35)55)32-12-9-18-49(28-32)38(54)14-10-17-46(3)4/h7-8,10-11,13-16,25-27,32H,1,9,12,17-24,28H2,2-6H3,(H,43,44,45)/b14-10+/t32-/m1/s1. The number of hydrogen-bond acceptors (Lipinski definition) is 11. The normalized spacial score (nSPS) is 17.8. The van der Waals surface area contributed by atoms with Crippen molar-refractivity contribution >= 4 is 57.2 Å². The zero-order valence-electron chi connectivity index (χ0n) is 33.1. The number of likely N-dealkylation sites (tertiary alicyclic amines) is 1. The Kier molecular flexibility index (Phi) is 11.4. The molecule has 56 heavy (non-hydrogen) atoms. The van der Waals surface area contributed by atoms with Crippen LogP contribution in [0.3, 0.4) is 0 Å². The van der Waals surface area contributed by atoms with Gasteiger partial charge in [0, 0.05) is 88.3 Å². The van der Waals surface area contributed by atoms with Crippen molar-refractivity contribution in [2.45, 2.75) is 25.8 Å². The molecule has 2 aromatic heterocycles. The van der Waals surface area contributed by atoms with Crippen molar-refractivity contribution in [2.24, 2.45) is 0 Å². The van der Waals surface area contributed by atoms with E-state index in [-0.39, 0.29) is 23.4 Å². The zero-order valence-corrected chi connectivity index (χ0v) is 33.1. The molecular formula is C42H52N10O4. The lowest BCUT2D eigenvalue weighted by Gasteiger charge is -2.39. The molecule has 1 N–H and O–H groups in total. The Balaban J connectivity index is 1.29. The molecule has 0 aliphatic carbocycles. The molecule has 0 unspecified atom stereocenters. The SMILES string of the molecule is C=CC(=O)N1CCN(c2cc3cnc(Nc4ccc(N5CCN(C)CC5)cc4OC)nc3n([C@@H]3CCCN(C(=O)/C=C/CN(C)C)C3)c2=O)c2cccc(C)c21. The summed E-state index contributed by atoms with van der Waals surface area (Å²) < 4.78 is 7.58. The highest BCUT2D eigenvalue weighted by Gasteiger charge is 2.32. The second-order valence-electron chi connectivity index (χ2n) is 15.0. The summed E-state index contributed by atoms with van der Waals surface area (Å²) in [4.78, 5) is 63.3. The minimum absolute atomic E-state index is 0.0819. The highest BCUT2D eigenvalue weighted by molar-refractivity contribution is 6.05. The third-order valence-electron chi connectivity index (χ3n) is 10.9. The van der Waals surface area contributed by atoms with Gasteiger partial charge in [0.25, 0.3) is 11.5 Å². The predicted octanol–water partition coefficient (Wildman–Crippen LogP) is 4.56. The number of ether oxygens (including phenoxy) is 1. The van der Waals surface area contributed by atoms with E-state index in [1.807, 2.05) is 78.2 Å². The molecule has 14 heteroatoms. The summed E-state index contributed by atoms with van der Waals surface area (Å²) in [7, 11) is 7.70. The van der Waals surface area contributed by atoms with Crippen LogP contribution < -0.4 is 30.3 Å². The fourth-order valence-corrected chi connectivity index (χ4v) is 7.92. The topological polar surface area (TPSA) is 123 Å². The van der Waals surface area contributed by atoms with E-state index >= 15 is 4.79 Å². The number of aryl methyl sites for hydroxylation is 1. The van der Waals surface area contributed by atoms with E-state index < -0.39 is 0 Å². The van der Waals surface area contributed by atoms with Crippen LogP contribution in [0, 0.1) is 6.92 Å². The number of pyridine rings is 1. The summed E-state index contributed by atoms with van der Waals surface area (Å²) in [5, 5.41) is 4.03. The van der Waals surface area contributed by atoms with Crippen molar-refractivity contribution in [3.05, 3.63) is 89.4 Å². The first-order valence-corrected chi connectivity index (χ1v) is 19.3. The van der Waals surface area contributed by atoms with Crippen molar-refractivity contribution < 1.29 is 14.3 Å². The third-order valence-corrected chi connectivity index (χ3v) is 10.9. The lowest BCUT2D eigenvalue weighted by molar-refractivity contribution is -0.127. The largest absolute Gasteiger partial charge is 0.494 e. The van der Waals surface area contributed by atoms with Gasteiger partial charge in [-0.2, -0.15) is 4.98 Å². The van der Waals surface area contributed by atoms with Crippen molar-refractivity contribution in [3.63, 3.8) is 0 Å². The Morgan fingerprint density at radius 2 is 1.82 bits per heavy atom. The average Bonchev–Trinajstić information content (AvgIpc) is 3.20. The molecule has 7 rings (SSSR count). The molecule has 1 atom stereocenters. The number of piperazine rings is 1. The number of carbonyl (C=O) groups is 2. The Labute approximate surface area is 328 Å². The van der Waals surface area contributed by atoms with Crippen molar-refractivity contribution in [1.29, 1.82) is 0 Å². The number of anilines is 6. The van der Waals surface area contributed by atoms with Gasteiger partial charge in [0.1, 0.15) is 17.1 Å². The number of fused-ring (bicyclic) bond motifs is 2. The molecule has 3 aliphatic heterocycles. The Hall–Kier alpha value is -5.73. The van der Waals surface area contributed by atoms with Gasteiger partial charge in [0.05, 0.1) is 30.2 Å². The van der Waals surface area contributed by atoms with E-state index in [9.17, 15) is 9.59 Å². The van der Waals surface area contributed by atoms with E-state index in [0.29, 0.717) is 73.3 Å². The lowest BCUT2D eigenvalue weighted by atomic mass is 10.0. The molecule has 2 aromatic carbocycles. The molecule has 0 bridgehead atoms. The first-order valence-electron chi connectivity index (χ1n) is 19.3. The van der Waals surface area contributed by atoms with Crippen molar-refractivity contribution in [3.8, 4) is 5.75 Å². The molecule has 5 heterocycles. The molecule has 3 aliphatic rings. The molecule has 2 fully saturated rings. The highest BCUT2D eigenvalue weighted by Crippen LogP contribution is 2.40. The van der Waals surface area contributed by atoms with Crippen LogP contribution in [-0.2, 0) is 9.59 Å². The molecule has 14 nitrogen and oxygen atoms in total. The molecule has 0 saturated carbocycles. The monoisotopic (exact) mass is 760 g/mol. The molecule has 2 saturated heterocycles. The Morgan fingerprint density at radius 3 is 2.57 bits per heavy atom. The van der Waals surface area contributed by atoms with Gasteiger partial charge in [-0.1, -0.05) is 24.8 Å². The van der Waals surface area contributed by atoms with Gasteiger partial charge >= 0.3 is 0 Å². The number of amides is 2. The van der Waals surface area contributed by atoms with Gasteiger partial charge in [-0.15, -0.1) is 0 Å². The minimum atomic E-state index is -0.342. The van der Waals surface area contributed by atoms with Crippen LogP contribution in [0.5, 0.6) is 5.75 Å². The van der Waals surface area contributed by atoms with Crippen LogP contribution in [0.2, 0.25) is 0 Å². The van der Waals surface area contributed by atoms with Gasteiger partial charge in [0.15, 0.2) is 0 Å². The lowest BCUT2D eigenvalue weighted by Crippen LogP contribution is -2.45. The fourth-order valence-electron chi connectivity index (χ4n) is 7.92. The van der Waals surface area contributed by atoms with Crippen LogP contribution in [0.1, 0.15) is 24.4 Å². The van der Waals surface area contributed by atoms with Gasteiger partial charge < -0.3 is 39.5 Å². The smallest absolute Gasteiger partial charge is 0.276 e. The van der Waals surface area contributed by atoms with Crippen LogP contribution in [-0.4, -0.2) is 128 Å². The zero-order chi connectivity index (χ0) is 39.5. The second kappa shape index (κ2) is 16.6. The summed E-state index contributed by atoms with van der Waals surface area (Å²) in [6.07, 6.45) is 7.96.